The van der Waals surface area contributed by atoms with E-state index < -0.39 is 0 Å². The van der Waals surface area contributed by atoms with Gasteiger partial charge >= 0.3 is 0 Å². The molecule has 2 rings (SSSR count). The number of rotatable bonds is 7. The summed E-state index contributed by atoms with van der Waals surface area (Å²) in [5.74, 6) is 1.06. The predicted octanol–water partition coefficient (Wildman–Crippen LogP) is 1.78. The van der Waals surface area contributed by atoms with Crippen molar-refractivity contribution < 1.29 is 14.3 Å². The summed E-state index contributed by atoms with van der Waals surface area (Å²) >= 11 is 0. The minimum absolute atomic E-state index is 0.0301. The van der Waals surface area contributed by atoms with Crippen LogP contribution in [0, 0.1) is 0 Å². The second-order valence-corrected chi connectivity index (χ2v) is 4.88. The summed E-state index contributed by atoms with van der Waals surface area (Å²) in [6.45, 7) is 1.60. The van der Waals surface area contributed by atoms with Gasteiger partial charge in [-0.1, -0.05) is 12.1 Å². The monoisotopic (exact) mass is 288 g/mol. The van der Waals surface area contributed by atoms with E-state index in [0.717, 1.165) is 17.7 Å². The Bertz CT molecular complexity index is 567. The lowest BCUT2D eigenvalue weighted by atomic mass is 10.1. The van der Waals surface area contributed by atoms with E-state index in [-0.39, 0.29) is 11.7 Å². The molecule has 1 amide bonds. The first-order chi connectivity index (χ1) is 10.2. The number of hydrogen-bond donors (Lipinski definition) is 2. The summed E-state index contributed by atoms with van der Waals surface area (Å²) in [7, 11) is 1.63. The molecule has 1 heterocycles. The van der Waals surface area contributed by atoms with Gasteiger partial charge in [-0.05, 0) is 36.2 Å². The van der Waals surface area contributed by atoms with Gasteiger partial charge in [0.05, 0.1) is 19.4 Å². The number of benzene rings is 1. The van der Waals surface area contributed by atoms with Gasteiger partial charge in [-0.3, -0.25) is 9.69 Å². The maximum Gasteiger partial charge on any atom is 0.233 e. The number of phenols is 1. The first-order valence-electron chi connectivity index (χ1n) is 6.90. The zero-order valence-corrected chi connectivity index (χ0v) is 12.1. The molecule has 1 aromatic heterocycles. The Morgan fingerprint density at radius 3 is 2.86 bits per heavy atom. The lowest BCUT2D eigenvalue weighted by Gasteiger charge is -2.20. The Kier molecular flexibility index (Phi) is 5.40. The van der Waals surface area contributed by atoms with E-state index in [0.29, 0.717) is 19.6 Å². The molecule has 0 aliphatic rings. The van der Waals surface area contributed by atoms with Crippen LogP contribution in [0.5, 0.6) is 5.75 Å². The number of aromatic hydroxyl groups is 1. The Morgan fingerprint density at radius 2 is 2.19 bits per heavy atom. The van der Waals surface area contributed by atoms with Gasteiger partial charge in [0.2, 0.25) is 5.91 Å². The molecule has 0 aliphatic heterocycles. The molecule has 112 valence electrons. The summed E-state index contributed by atoms with van der Waals surface area (Å²) in [5.41, 5.74) is 1.04. The van der Waals surface area contributed by atoms with E-state index in [2.05, 4.69) is 5.32 Å². The quantitative estimate of drug-likeness (QED) is 0.815. The molecule has 0 saturated heterocycles. The molecule has 5 nitrogen and oxygen atoms in total. The van der Waals surface area contributed by atoms with Gasteiger partial charge in [0.25, 0.3) is 0 Å². The average molecular weight is 288 g/mol. The van der Waals surface area contributed by atoms with E-state index in [1.54, 1.807) is 25.4 Å². The number of nitrogens with zero attached hydrogens (tertiary/aromatic N) is 1. The molecule has 21 heavy (non-hydrogen) atoms. The minimum Gasteiger partial charge on any atom is -0.508 e. The van der Waals surface area contributed by atoms with Gasteiger partial charge in [0.15, 0.2) is 0 Å². The Hall–Kier alpha value is -2.27. The maximum absolute atomic E-state index is 11.6. The van der Waals surface area contributed by atoms with Gasteiger partial charge in [0, 0.05) is 13.6 Å². The highest BCUT2D eigenvalue weighted by Crippen LogP contribution is 2.12. The van der Waals surface area contributed by atoms with Crippen LogP contribution in [0.4, 0.5) is 0 Å². The first-order valence-corrected chi connectivity index (χ1v) is 6.90. The van der Waals surface area contributed by atoms with Crippen LogP contribution >= 0.6 is 0 Å². The standard InChI is InChI=1S/C16H20N2O3/c1-17-16(20)12-18(11-15-6-3-9-21-15)8-7-13-4-2-5-14(19)10-13/h2-6,9-10,19H,7-8,11-12H2,1H3,(H,17,20). The molecule has 0 spiro atoms. The van der Waals surface area contributed by atoms with Crippen LogP contribution in [0.3, 0.4) is 0 Å². The number of hydrogen-bond acceptors (Lipinski definition) is 4. The van der Waals surface area contributed by atoms with Crippen molar-refractivity contribution in [3.05, 3.63) is 54.0 Å². The Morgan fingerprint density at radius 1 is 1.33 bits per heavy atom. The lowest BCUT2D eigenvalue weighted by molar-refractivity contribution is -0.121. The van der Waals surface area contributed by atoms with Gasteiger partial charge in [0.1, 0.15) is 11.5 Å². The maximum atomic E-state index is 11.6. The largest absolute Gasteiger partial charge is 0.508 e. The van der Waals surface area contributed by atoms with Crippen LogP contribution in [-0.4, -0.2) is 36.1 Å². The molecule has 0 radical (unpaired) electrons. The van der Waals surface area contributed by atoms with E-state index in [9.17, 15) is 9.90 Å². The van der Waals surface area contributed by atoms with Gasteiger partial charge in [-0.15, -0.1) is 0 Å². The molecule has 2 N–H and O–H groups in total. The van der Waals surface area contributed by atoms with Crippen molar-refractivity contribution in [2.45, 2.75) is 13.0 Å². The summed E-state index contributed by atoms with van der Waals surface area (Å²) in [4.78, 5) is 13.6. The zero-order chi connectivity index (χ0) is 15.1. The third-order valence-corrected chi connectivity index (χ3v) is 3.23. The molecule has 0 unspecified atom stereocenters. The fourth-order valence-corrected chi connectivity index (χ4v) is 2.12. The molecular weight excluding hydrogens is 268 g/mol. The summed E-state index contributed by atoms with van der Waals surface area (Å²) in [6.07, 6.45) is 2.38. The highest BCUT2D eigenvalue weighted by molar-refractivity contribution is 5.77. The van der Waals surface area contributed by atoms with Gasteiger partial charge in [-0.2, -0.15) is 0 Å². The second kappa shape index (κ2) is 7.50. The molecule has 0 atom stereocenters. The fraction of sp³-hybridized carbons (Fsp3) is 0.312. The molecule has 0 bridgehead atoms. The predicted molar refractivity (Wildman–Crippen MR) is 79.9 cm³/mol. The molecular formula is C16H20N2O3. The highest BCUT2D eigenvalue weighted by Gasteiger charge is 2.12. The number of phenolic OH excluding ortho intramolecular Hbond substituents is 1. The van der Waals surface area contributed by atoms with E-state index in [1.165, 1.54) is 0 Å². The van der Waals surface area contributed by atoms with E-state index in [4.69, 9.17) is 4.42 Å². The summed E-state index contributed by atoms with van der Waals surface area (Å²) in [6, 6.07) is 10.9. The van der Waals surface area contributed by atoms with Crippen LogP contribution in [0.25, 0.3) is 0 Å². The van der Waals surface area contributed by atoms with Crippen molar-refractivity contribution in [2.75, 3.05) is 20.1 Å². The summed E-state index contributed by atoms with van der Waals surface area (Å²) in [5, 5.41) is 12.1. The Labute approximate surface area is 124 Å². The zero-order valence-electron chi connectivity index (χ0n) is 12.1. The normalized spacial score (nSPS) is 10.8. The number of nitrogens with one attached hydrogen (secondary N) is 1. The van der Waals surface area contributed by atoms with Crippen molar-refractivity contribution in [2.24, 2.45) is 0 Å². The van der Waals surface area contributed by atoms with Gasteiger partial charge < -0.3 is 14.8 Å². The van der Waals surface area contributed by atoms with Crippen LogP contribution in [0.1, 0.15) is 11.3 Å². The Balaban J connectivity index is 1.96. The van der Waals surface area contributed by atoms with Crippen molar-refractivity contribution >= 4 is 5.91 Å². The third kappa shape index (κ3) is 4.96. The SMILES string of the molecule is CNC(=O)CN(CCc1cccc(O)c1)Cc1ccco1. The molecule has 2 aromatic rings. The molecule has 1 aromatic carbocycles. The van der Waals surface area contributed by atoms with Crippen molar-refractivity contribution in [1.29, 1.82) is 0 Å². The van der Waals surface area contributed by atoms with Crippen molar-refractivity contribution in [1.82, 2.24) is 10.2 Å². The van der Waals surface area contributed by atoms with Gasteiger partial charge in [-0.25, -0.2) is 0 Å². The molecule has 0 fully saturated rings. The number of likely N-dealkylation sites (N-methyl/N-ethyl adjacent to an activating group) is 1. The van der Waals surface area contributed by atoms with E-state index in [1.807, 2.05) is 29.2 Å². The lowest BCUT2D eigenvalue weighted by Crippen LogP contribution is -2.36. The van der Waals surface area contributed by atoms with E-state index >= 15 is 0 Å². The molecule has 0 saturated carbocycles. The van der Waals surface area contributed by atoms with Crippen LogP contribution in [-0.2, 0) is 17.8 Å². The highest BCUT2D eigenvalue weighted by atomic mass is 16.3. The van der Waals surface area contributed by atoms with Crippen LogP contribution < -0.4 is 5.32 Å². The first kappa shape index (κ1) is 15.1. The topological polar surface area (TPSA) is 65.7 Å². The molecule has 0 aliphatic carbocycles. The number of carbonyl (C=O) groups is 1. The molecule has 5 heteroatoms. The number of carbonyl (C=O) groups excluding carboxylic acids is 1. The average Bonchev–Trinajstić information content (AvgIpc) is 2.97. The van der Waals surface area contributed by atoms with Crippen molar-refractivity contribution in [3.63, 3.8) is 0 Å². The van der Waals surface area contributed by atoms with Crippen molar-refractivity contribution in [3.8, 4) is 5.75 Å². The van der Waals surface area contributed by atoms with Crippen LogP contribution in [0.15, 0.2) is 47.1 Å². The smallest absolute Gasteiger partial charge is 0.233 e. The minimum atomic E-state index is -0.0301. The number of amides is 1. The third-order valence-electron chi connectivity index (χ3n) is 3.23. The second-order valence-electron chi connectivity index (χ2n) is 4.88. The fourth-order valence-electron chi connectivity index (χ4n) is 2.12. The summed E-state index contributed by atoms with van der Waals surface area (Å²) < 4.78 is 5.34. The van der Waals surface area contributed by atoms with Crippen LogP contribution in [0.2, 0.25) is 0 Å². The number of furan rings is 1.